The van der Waals surface area contributed by atoms with E-state index in [2.05, 4.69) is 63.5 Å². The first-order valence-corrected chi connectivity index (χ1v) is 12.4. The monoisotopic (exact) mass is 452 g/mol. The molecule has 2 aromatic carbocycles. The quantitative estimate of drug-likeness (QED) is 0.411. The topological polar surface area (TPSA) is 53.5 Å². The van der Waals surface area contributed by atoms with Crippen molar-refractivity contribution < 1.29 is 4.74 Å². The van der Waals surface area contributed by atoms with E-state index in [0.717, 1.165) is 51.5 Å². The van der Waals surface area contributed by atoms with E-state index in [1.165, 1.54) is 54.4 Å². The summed E-state index contributed by atoms with van der Waals surface area (Å²) in [6, 6.07) is 18.0. The van der Waals surface area contributed by atoms with Gasteiger partial charge in [0.15, 0.2) is 0 Å². The molecule has 1 aliphatic carbocycles. The first-order valence-electron chi connectivity index (χ1n) is 11.5. The first-order chi connectivity index (χ1) is 16.3. The van der Waals surface area contributed by atoms with Gasteiger partial charge in [0.1, 0.15) is 0 Å². The highest BCUT2D eigenvalue weighted by atomic mass is 32.1. The summed E-state index contributed by atoms with van der Waals surface area (Å²) in [6.07, 6.45) is 2.91. The number of thiophene rings is 1. The molecule has 0 saturated carbocycles. The summed E-state index contributed by atoms with van der Waals surface area (Å²) < 4.78 is 5.46. The van der Waals surface area contributed by atoms with Gasteiger partial charge in [0.2, 0.25) is 0 Å². The number of fused-ring (bicyclic) bond motifs is 4. The zero-order chi connectivity index (χ0) is 21.8. The lowest BCUT2D eigenvalue weighted by Gasteiger charge is -2.26. The van der Waals surface area contributed by atoms with E-state index < -0.39 is 0 Å². The predicted molar refractivity (Wildman–Crippen MR) is 133 cm³/mol. The third kappa shape index (κ3) is 3.37. The smallest absolute Gasteiger partial charge is 0.0963 e. The highest BCUT2D eigenvalue weighted by molar-refractivity contribution is 7.16. The molecule has 0 radical (unpaired) electrons. The van der Waals surface area contributed by atoms with Crippen molar-refractivity contribution in [2.45, 2.75) is 19.5 Å². The Labute approximate surface area is 196 Å². The van der Waals surface area contributed by atoms with Crippen LogP contribution in [0.5, 0.6) is 0 Å². The second kappa shape index (κ2) is 7.76. The predicted octanol–water partition coefficient (Wildman–Crippen LogP) is 5.14. The van der Waals surface area contributed by atoms with E-state index in [0.29, 0.717) is 0 Å². The number of nitrogens with zero attached hydrogens (tertiary/aromatic N) is 3. The third-order valence-corrected chi connectivity index (χ3v) is 8.12. The molecule has 3 aliphatic rings. The number of benzene rings is 2. The number of aromatic amines is 1. The molecule has 0 atom stereocenters. The molecule has 5 nitrogen and oxygen atoms in total. The summed E-state index contributed by atoms with van der Waals surface area (Å²) in [5.74, 6) is 0. The molecule has 7 rings (SSSR count). The Kier molecular flexibility index (Phi) is 4.57. The van der Waals surface area contributed by atoms with Crippen LogP contribution in [0, 0.1) is 0 Å². The van der Waals surface area contributed by atoms with E-state index in [9.17, 15) is 0 Å². The van der Waals surface area contributed by atoms with Gasteiger partial charge in [-0.25, -0.2) is 0 Å². The van der Waals surface area contributed by atoms with Crippen molar-refractivity contribution in [2.75, 3.05) is 26.3 Å². The van der Waals surface area contributed by atoms with Crippen molar-refractivity contribution in [2.24, 2.45) is 4.99 Å². The maximum atomic E-state index is 5.46. The zero-order valence-electron chi connectivity index (χ0n) is 18.3. The van der Waals surface area contributed by atoms with Gasteiger partial charge >= 0.3 is 0 Å². The van der Waals surface area contributed by atoms with Gasteiger partial charge in [0, 0.05) is 58.7 Å². The molecular weight excluding hydrogens is 428 g/mol. The lowest BCUT2D eigenvalue weighted by atomic mass is 10.0. The van der Waals surface area contributed by atoms with Crippen LogP contribution in [0.3, 0.4) is 0 Å². The Hall–Kier alpha value is -3.06. The number of nitrogens with one attached hydrogen (secondary N) is 1. The van der Waals surface area contributed by atoms with E-state index in [4.69, 9.17) is 9.84 Å². The number of ether oxygens (including phenoxy) is 1. The van der Waals surface area contributed by atoms with Gasteiger partial charge in [0.05, 0.1) is 31.1 Å². The van der Waals surface area contributed by atoms with Crippen molar-refractivity contribution in [3.63, 3.8) is 0 Å². The fourth-order valence-electron chi connectivity index (χ4n) is 5.12. The first kappa shape index (κ1) is 19.4. The minimum absolute atomic E-state index is 0.776. The van der Waals surface area contributed by atoms with Crippen molar-refractivity contribution in [1.29, 1.82) is 0 Å². The molecule has 4 aromatic rings. The van der Waals surface area contributed by atoms with Crippen LogP contribution in [0.1, 0.15) is 27.1 Å². The van der Waals surface area contributed by atoms with E-state index in [-0.39, 0.29) is 0 Å². The Morgan fingerprint density at radius 2 is 1.85 bits per heavy atom. The van der Waals surface area contributed by atoms with Crippen LogP contribution in [0.15, 0.2) is 53.5 Å². The number of rotatable bonds is 4. The van der Waals surface area contributed by atoms with Crippen LogP contribution in [0.2, 0.25) is 0 Å². The fraction of sp³-hybridized carbons (Fsp3) is 0.259. The van der Waals surface area contributed by atoms with Crippen LogP contribution in [0.25, 0.3) is 33.0 Å². The molecule has 0 amide bonds. The van der Waals surface area contributed by atoms with Crippen LogP contribution < -0.4 is 0 Å². The van der Waals surface area contributed by atoms with Gasteiger partial charge in [-0.05, 0) is 34.4 Å². The molecule has 164 valence electrons. The largest absolute Gasteiger partial charge is 0.379 e. The SMILES string of the molecule is C1=NCc2cc(-c3n[nH]c4c3Cc3sc(-c5ccc(CN6CCOCC6)cc5)cc3-4)ccc21. The van der Waals surface area contributed by atoms with Crippen LogP contribution in [0.4, 0.5) is 0 Å². The van der Waals surface area contributed by atoms with Gasteiger partial charge < -0.3 is 4.74 Å². The van der Waals surface area contributed by atoms with Gasteiger partial charge in [-0.3, -0.25) is 15.0 Å². The average Bonchev–Trinajstić information content (AvgIpc) is 3.61. The van der Waals surface area contributed by atoms with Crippen LogP contribution in [-0.2, 0) is 24.2 Å². The maximum absolute atomic E-state index is 5.46. The Bertz CT molecular complexity index is 1380. The molecule has 4 heterocycles. The van der Waals surface area contributed by atoms with E-state index in [1.54, 1.807) is 0 Å². The second-order valence-electron chi connectivity index (χ2n) is 9.02. The summed E-state index contributed by atoms with van der Waals surface area (Å²) in [4.78, 5) is 9.60. The molecule has 6 heteroatoms. The van der Waals surface area contributed by atoms with Gasteiger partial charge in [-0.1, -0.05) is 36.4 Å². The van der Waals surface area contributed by atoms with Crippen LogP contribution >= 0.6 is 11.3 Å². The number of aliphatic imine (C=N–C) groups is 1. The minimum Gasteiger partial charge on any atom is -0.379 e. The zero-order valence-corrected chi connectivity index (χ0v) is 19.1. The highest BCUT2D eigenvalue weighted by Crippen LogP contribution is 2.46. The second-order valence-corrected chi connectivity index (χ2v) is 10.2. The highest BCUT2D eigenvalue weighted by Gasteiger charge is 2.28. The molecule has 33 heavy (non-hydrogen) atoms. The number of aromatic nitrogens is 2. The molecule has 2 aromatic heterocycles. The molecule has 2 aliphatic heterocycles. The number of H-pyrrole nitrogens is 1. The summed E-state index contributed by atoms with van der Waals surface area (Å²) in [6.45, 7) is 5.51. The Morgan fingerprint density at radius 3 is 2.73 bits per heavy atom. The lowest BCUT2D eigenvalue weighted by Crippen LogP contribution is -2.35. The molecular formula is C27H24N4OS. The lowest BCUT2D eigenvalue weighted by molar-refractivity contribution is 0.0342. The van der Waals surface area contributed by atoms with E-state index >= 15 is 0 Å². The summed E-state index contributed by atoms with van der Waals surface area (Å²) in [7, 11) is 0. The molecule has 0 spiro atoms. The van der Waals surface area contributed by atoms with Gasteiger partial charge in [0.25, 0.3) is 0 Å². The van der Waals surface area contributed by atoms with Crippen LogP contribution in [-0.4, -0.2) is 47.6 Å². The summed E-state index contributed by atoms with van der Waals surface area (Å²) in [5, 5.41) is 8.04. The van der Waals surface area contributed by atoms with Crippen molar-refractivity contribution in [1.82, 2.24) is 15.1 Å². The van der Waals surface area contributed by atoms with E-state index in [1.807, 2.05) is 17.6 Å². The molecule has 1 saturated heterocycles. The number of hydrogen-bond donors (Lipinski definition) is 1. The Balaban J connectivity index is 1.13. The molecule has 0 bridgehead atoms. The average molecular weight is 453 g/mol. The normalized spacial score (nSPS) is 16.7. The van der Waals surface area contributed by atoms with Crippen molar-refractivity contribution >= 4 is 17.6 Å². The summed E-state index contributed by atoms with van der Waals surface area (Å²) >= 11 is 1.91. The van der Waals surface area contributed by atoms with Gasteiger partial charge in [-0.2, -0.15) is 5.10 Å². The summed E-state index contributed by atoms with van der Waals surface area (Å²) in [5.41, 5.74) is 11.3. The maximum Gasteiger partial charge on any atom is 0.0963 e. The van der Waals surface area contributed by atoms with Crippen molar-refractivity contribution in [3.8, 4) is 33.0 Å². The fourth-order valence-corrected chi connectivity index (χ4v) is 6.31. The minimum atomic E-state index is 0.776. The van der Waals surface area contributed by atoms with Gasteiger partial charge in [-0.15, -0.1) is 11.3 Å². The molecule has 1 fully saturated rings. The molecule has 0 unspecified atom stereocenters. The third-order valence-electron chi connectivity index (χ3n) is 6.94. The standard InChI is InChI=1S/C27H24N4OS/c1-3-18(4-2-17(1)16-31-7-9-32-10-8-31)24-12-22-25(33-24)13-23-26(29-30-27(22)23)19-5-6-20-14-28-15-21(20)11-19/h1-6,11-12,14H,7-10,13,15-16H2,(H,29,30). The van der Waals surface area contributed by atoms with Crippen molar-refractivity contribution in [3.05, 3.63) is 75.7 Å². The molecule has 1 N–H and O–H groups in total. The Morgan fingerprint density at radius 1 is 1.00 bits per heavy atom. The number of hydrogen-bond acceptors (Lipinski definition) is 5. The number of morpholine rings is 1.